The minimum atomic E-state index is -0.157. The van der Waals surface area contributed by atoms with Crippen LogP contribution in [0.2, 0.25) is 0 Å². The molecule has 0 aromatic rings. The fourth-order valence-corrected chi connectivity index (χ4v) is 2.07. The van der Waals surface area contributed by atoms with Crippen LogP contribution in [0.4, 0.5) is 0 Å². The Hall–Kier alpha value is -0.610. The van der Waals surface area contributed by atoms with Gasteiger partial charge < -0.3 is 14.2 Å². The molecule has 0 N–H and O–H groups in total. The van der Waals surface area contributed by atoms with Crippen molar-refractivity contribution < 1.29 is 19.0 Å². The van der Waals surface area contributed by atoms with E-state index in [0.29, 0.717) is 6.61 Å². The summed E-state index contributed by atoms with van der Waals surface area (Å²) in [7, 11) is 0. The predicted molar refractivity (Wildman–Crippen MR) is 37.4 cm³/mol. The van der Waals surface area contributed by atoms with Crippen LogP contribution in [-0.2, 0) is 19.0 Å². The molecule has 0 aromatic heterocycles. The Balaban J connectivity index is 1.72. The second-order valence-corrected chi connectivity index (χ2v) is 3.41. The van der Waals surface area contributed by atoms with E-state index in [1.54, 1.807) is 0 Å². The summed E-state index contributed by atoms with van der Waals surface area (Å²) >= 11 is 0. The maximum atomic E-state index is 11.3. The molecule has 0 aromatic carbocycles. The number of fused-ring (bicyclic) bond motifs is 3. The van der Waals surface area contributed by atoms with Crippen molar-refractivity contribution in [2.24, 2.45) is 5.92 Å². The molecule has 1 aliphatic carbocycles. The third kappa shape index (κ3) is 0.716. The van der Waals surface area contributed by atoms with E-state index >= 15 is 0 Å². The van der Waals surface area contributed by atoms with Crippen molar-refractivity contribution in [1.29, 1.82) is 0 Å². The molecule has 12 heavy (non-hydrogen) atoms. The van der Waals surface area contributed by atoms with Gasteiger partial charge in [0.25, 0.3) is 0 Å². The average Bonchev–Trinajstić information content (AvgIpc) is 2.87. The third-order valence-electron chi connectivity index (χ3n) is 2.71. The van der Waals surface area contributed by atoms with Crippen molar-refractivity contribution in [2.75, 3.05) is 6.61 Å². The lowest BCUT2D eigenvalue weighted by Gasteiger charge is -2.08. The number of carbonyl (C=O) groups is 1. The van der Waals surface area contributed by atoms with Gasteiger partial charge >= 0.3 is 5.97 Å². The Morgan fingerprint density at radius 2 is 1.83 bits per heavy atom. The van der Waals surface area contributed by atoms with Gasteiger partial charge in [-0.05, 0) is 6.92 Å². The standard InChI is InChI=1S/C8H10O4/c1-2-10-8(9)3-4-6(11-4)7-5(3)12-7/h3-7H,2H2,1H3/t3?,4-,5+,6-,7+. The molecule has 1 unspecified atom stereocenters. The van der Waals surface area contributed by atoms with Gasteiger partial charge in [-0.15, -0.1) is 0 Å². The highest BCUT2D eigenvalue weighted by molar-refractivity contribution is 5.76. The van der Waals surface area contributed by atoms with Crippen LogP contribution in [0.15, 0.2) is 0 Å². The lowest BCUT2D eigenvalue weighted by Crippen LogP contribution is -2.25. The molecule has 3 rings (SSSR count). The quantitative estimate of drug-likeness (QED) is 0.422. The summed E-state index contributed by atoms with van der Waals surface area (Å²) in [6.07, 6.45) is 0.606. The summed E-state index contributed by atoms with van der Waals surface area (Å²) in [5, 5.41) is 0. The average molecular weight is 170 g/mol. The molecule has 0 radical (unpaired) electrons. The first-order valence-corrected chi connectivity index (χ1v) is 4.30. The molecule has 5 atom stereocenters. The monoisotopic (exact) mass is 170 g/mol. The molecular weight excluding hydrogens is 160 g/mol. The van der Waals surface area contributed by atoms with E-state index in [-0.39, 0.29) is 36.3 Å². The molecular formula is C8H10O4. The van der Waals surface area contributed by atoms with E-state index in [4.69, 9.17) is 14.2 Å². The van der Waals surface area contributed by atoms with Crippen molar-refractivity contribution in [3.8, 4) is 0 Å². The van der Waals surface area contributed by atoms with Gasteiger partial charge in [-0.3, -0.25) is 4.79 Å². The molecule has 4 nitrogen and oxygen atoms in total. The Kier molecular flexibility index (Phi) is 1.14. The van der Waals surface area contributed by atoms with E-state index < -0.39 is 0 Å². The van der Waals surface area contributed by atoms with E-state index in [2.05, 4.69) is 0 Å². The molecule has 3 fully saturated rings. The first-order chi connectivity index (χ1) is 5.83. The Morgan fingerprint density at radius 3 is 2.33 bits per heavy atom. The van der Waals surface area contributed by atoms with Crippen LogP contribution < -0.4 is 0 Å². The molecule has 66 valence electrons. The Labute approximate surface area is 69.8 Å². The molecule has 2 saturated heterocycles. The van der Waals surface area contributed by atoms with Gasteiger partial charge in [0.2, 0.25) is 0 Å². The molecule has 1 saturated carbocycles. The zero-order valence-corrected chi connectivity index (χ0v) is 6.73. The van der Waals surface area contributed by atoms with Gasteiger partial charge in [0.1, 0.15) is 30.3 Å². The summed E-state index contributed by atoms with van der Waals surface area (Å²) in [4.78, 5) is 11.3. The van der Waals surface area contributed by atoms with Gasteiger partial charge in [-0.25, -0.2) is 0 Å². The molecule has 3 aliphatic rings. The lowest BCUT2D eigenvalue weighted by atomic mass is 10.1. The number of epoxide rings is 2. The van der Waals surface area contributed by atoms with E-state index in [1.807, 2.05) is 6.92 Å². The Morgan fingerprint density at radius 1 is 1.25 bits per heavy atom. The number of rotatable bonds is 2. The van der Waals surface area contributed by atoms with Crippen LogP contribution in [0.3, 0.4) is 0 Å². The number of hydrogen-bond donors (Lipinski definition) is 0. The fraction of sp³-hybridized carbons (Fsp3) is 0.875. The van der Waals surface area contributed by atoms with Gasteiger partial charge in [0.05, 0.1) is 6.61 Å². The number of carbonyl (C=O) groups excluding carboxylic acids is 1. The van der Waals surface area contributed by atoms with E-state index in [1.165, 1.54) is 0 Å². The van der Waals surface area contributed by atoms with Gasteiger partial charge in [0, 0.05) is 0 Å². The summed E-state index contributed by atoms with van der Waals surface area (Å²) in [5.74, 6) is -0.296. The zero-order valence-electron chi connectivity index (χ0n) is 6.73. The molecule has 0 bridgehead atoms. The molecule has 0 spiro atoms. The van der Waals surface area contributed by atoms with Crippen LogP contribution in [0.5, 0.6) is 0 Å². The number of ether oxygens (including phenoxy) is 3. The van der Waals surface area contributed by atoms with E-state index in [9.17, 15) is 4.79 Å². The first-order valence-electron chi connectivity index (χ1n) is 4.30. The lowest BCUT2D eigenvalue weighted by molar-refractivity contribution is -0.149. The smallest absolute Gasteiger partial charge is 0.314 e. The second kappa shape index (κ2) is 2.00. The van der Waals surface area contributed by atoms with Crippen LogP contribution in [0.1, 0.15) is 6.92 Å². The maximum Gasteiger partial charge on any atom is 0.314 e. The minimum Gasteiger partial charge on any atom is -0.466 e. The normalized spacial score (nSPS) is 52.6. The Bertz CT molecular complexity index is 223. The molecule has 0 amide bonds. The minimum absolute atomic E-state index is 0.104. The van der Waals surface area contributed by atoms with Gasteiger partial charge in [-0.1, -0.05) is 0 Å². The fourth-order valence-electron chi connectivity index (χ4n) is 2.07. The van der Waals surface area contributed by atoms with Crippen molar-refractivity contribution in [2.45, 2.75) is 31.3 Å². The number of esters is 1. The molecule has 4 heteroatoms. The van der Waals surface area contributed by atoms with Crippen LogP contribution in [-0.4, -0.2) is 37.0 Å². The highest BCUT2D eigenvalue weighted by Crippen LogP contribution is 2.55. The van der Waals surface area contributed by atoms with Crippen LogP contribution in [0, 0.1) is 5.92 Å². The van der Waals surface area contributed by atoms with Crippen LogP contribution in [0.25, 0.3) is 0 Å². The van der Waals surface area contributed by atoms with Crippen LogP contribution >= 0.6 is 0 Å². The van der Waals surface area contributed by atoms with Crippen molar-refractivity contribution in [1.82, 2.24) is 0 Å². The summed E-state index contributed by atoms with van der Waals surface area (Å²) in [6.45, 7) is 2.24. The highest BCUT2D eigenvalue weighted by Gasteiger charge is 2.74. The maximum absolute atomic E-state index is 11.3. The largest absolute Gasteiger partial charge is 0.466 e. The molecule has 2 aliphatic heterocycles. The second-order valence-electron chi connectivity index (χ2n) is 3.41. The van der Waals surface area contributed by atoms with Gasteiger partial charge in [-0.2, -0.15) is 0 Å². The highest BCUT2D eigenvalue weighted by atomic mass is 16.7. The molecule has 2 heterocycles. The zero-order chi connectivity index (χ0) is 8.29. The summed E-state index contributed by atoms with van der Waals surface area (Å²) in [6, 6.07) is 0. The van der Waals surface area contributed by atoms with Crippen molar-refractivity contribution in [3.05, 3.63) is 0 Å². The first kappa shape index (κ1) is 6.86. The summed E-state index contributed by atoms with van der Waals surface area (Å²) < 4.78 is 15.4. The summed E-state index contributed by atoms with van der Waals surface area (Å²) in [5.41, 5.74) is 0. The van der Waals surface area contributed by atoms with E-state index in [0.717, 1.165) is 0 Å². The SMILES string of the molecule is CCOC(=O)C1[C@H]2O[C@H]2[C@H]2O[C@@H]12. The predicted octanol–water partition coefficient (Wildman–Crippen LogP) is -0.286. The van der Waals surface area contributed by atoms with Gasteiger partial charge in [0.15, 0.2) is 0 Å². The van der Waals surface area contributed by atoms with Crippen molar-refractivity contribution in [3.63, 3.8) is 0 Å². The topological polar surface area (TPSA) is 51.4 Å². The third-order valence-corrected chi connectivity index (χ3v) is 2.71. The number of hydrogen-bond acceptors (Lipinski definition) is 4. The van der Waals surface area contributed by atoms with Crippen molar-refractivity contribution >= 4 is 5.97 Å².